The third-order valence-electron chi connectivity index (χ3n) is 3.41. The van der Waals surface area contributed by atoms with Crippen molar-refractivity contribution in [1.29, 1.82) is 0 Å². The highest BCUT2D eigenvalue weighted by molar-refractivity contribution is 6.77. The molecule has 1 saturated heterocycles. The van der Waals surface area contributed by atoms with Gasteiger partial charge in [-0.3, -0.25) is 0 Å². The lowest BCUT2D eigenvalue weighted by Crippen LogP contribution is -2.40. The fourth-order valence-electron chi connectivity index (χ4n) is 2.35. The summed E-state index contributed by atoms with van der Waals surface area (Å²) in [7, 11) is -3.76. The van der Waals surface area contributed by atoms with E-state index in [0.717, 1.165) is 18.9 Å². The van der Waals surface area contributed by atoms with Crippen molar-refractivity contribution in [2.45, 2.75) is 62.2 Å². The molecule has 0 amide bonds. The first kappa shape index (κ1) is 17.0. The number of hydrogen-bond acceptors (Lipinski definition) is 1. The lowest BCUT2D eigenvalue weighted by Gasteiger charge is -2.31. The van der Waals surface area contributed by atoms with E-state index in [4.69, 9.17) is 4.12 Å². The first-order valence-corrected chi connectivity index (χ1v) is 10.5. The van der Waals surface area contributed by atoms with Crippen LogP contribution in [0.4, 0.5) is 26.3 Å². The summed E-state index contributed by atoms with van der Waals surface area (Å²) in [5.74, 6) is 0. The molecule has 1 heterocycles. The van der Waals surface area contributed by atoms with Crippen molar-refractivity contribution in [1.82, 2.24) is 0 Å². The molecule has 9 heteroatoms. The Labute approximate surface area is 111 Å². The van der Waals surface area contributed by atoms with Crippen LogP contribution in [0.15, 0.2) is 0 Å². The van der Waals surface area contributed by atoms with Crippen LogP contribution in [0.2, 0.25) is 24.2 Å². The minimum Gasteiger partial charge on any atom is -0.460 e. The van der Waals surface area contributed by atoms with E-state index >= 15 is 0 Å². The molecular formula is C10H18F6OSi2. The first-order chi connectivity index (χ1) is 8.62. The molecule has 1 aliphatic heterocycles. The Balaban J connectivity index is 2.65. The van der Waals surface area contributed by atoms with E-state index in [-0.39, 0.29) is 12.1 Å². The molecule has 0 aromatic rings. The second-order valence-electron chi connectivity index (χ2n) is 5.07. The van der Waals surface area contributed by atoms with Gasteiger partial charge in [-0.1, -0.05) is 12.8 Å². The van der Waals surface area contributed by atoms with Gasteiger partial charge in [-0.25, -0.2) is 0 Å². The Kier molecular flexibility index (Phi) is 5.93. The van der Waals surface area contributed by atoms with Crippen molar-refractivity contribution in [2.75, 3.05) is 0 Å². The van der Waals surface area contributed by atoms with Gasteiger partial charge in [0.15, 0.2) is 8.32 Å². The smallest absolute Gasteiger partial charge is 0.388 e. The van der Waals surface area contributed by atoms with Gasteiger partial charge in [0, 0.05) is 12.8 Å². The molecular weight excluding hydrogens is 306 g/mol. The van der Waals surface area contributed by atoms with Crippen LogP contribution in [0.5, 0.6) is 0 Å². The van der Waals surface area contributed by atoms with Crippen LogP contribution in [0.3, 0.4) is 0 Å². The van der Waals surface area contributed by atoms with Gasteiger partial charge in [0.25, 0.3) is 0 Å². The van der Waals surface area contributed by atoms with E-state index < -0.39 is 43.3 Å². The molecule has 0 bridgehead atoms. The molecule has 0 atom stereocenters. The topological polar surface area (TPSA) is 9.23 Å². The number of rotatable bonds is 4. The molecule has 0 spiro atoms. The molecule has 1 aliphatic rings. The van der Waals surface area contributed by atoms with Gasteiger partial charge in [-0.2, -0.15) is 26.3 Å². The van der Waals surface area contributed by atoms with E-state index in [0.29, 0.717) is 6.04 Å². The first-order valence-electron chi connectivity index (χ1n) is 6.39. The zero-order chi connectivity index (χ0) is 14.6. The van der Waals surface area contributed by atoms with Gasteiger partial charge in [0.2, 0.25) is 0 Å². The van der Waals surface area contributed by atoms with Crippen LogP contribution in [-0.2, 0) is 4.12 Å². The molecule has 1 rings (SSSR count). The van der Waals surface area contributed by atoms with Gasteiger partial charge in [0.05, 0.1) is 0 Å². The molecule has 0 saturated carbocycles. The average molecular weight is 324 g/mol. The molecule has 0 N–H and O–H groups in total. The largest absolute Gasteiger partial charge is 0.460 e. The summed E-state index contributed by atoms with van der Waals surface area (Å²) >= 11 is 0. The van der Waals surface area contributed by atoms with Crippen molar-refractivity contribution < 1.29 is 30.5 Å². The molecule has 0 aromatic carbocycles. The minimum absolute atomic E-state index is 0.209. The predicted octanol–water partition coefficient (Wildman–Crippen LogP) is 4.15. The number of alkyl halides is 6. The van der Waals surface area contributed by atoms with Crippen LogP contribution in [0.25, 0.3) is 0 Å². The standard InChI is InChI=1S/C10H18F6OSi2/c11-9(12,13)3-7-19(8-4-10(14,15)16)6-2-1-5-18-17-19/h1-8,18H2. The molecule has 0 aromatic heterocycles. The molecule has 1 fully saturated rings. The van der Waals surface area contributed by atoms with Crippen molar-refractivity contribution in [3.05, 3.63) is 0 Å². The SMILES string of the molecule is FC(F)(F)CC[Si]1(CCC(F)(F)F)CCCC[SiH2]O1. The summed E-state index contributed by atoms with van der Waals surface area (Å²) in [6, 6.07) is 0.901. The van der Waals surface area contributed by atoms with E-state index in [1.807, 2.05) is 0 Å². The lowest BCUT2D eigenvalue weighted by atomic mass is 10.4. The highest BCUT2D eigenvalue weighted by Gasteiger charge is 2.42. The lowest BCUT2D eigenvalue weighted by molar-refractivity contribution is -0.132. The molecule has 0 unspecified atom stereocenters. The van der Waals surface area contributed by atoms with Crippen molar-refractivity contribution in [2.24, 2.45) is 0 Å². The summed E-state index contributed by atoms with van der Waals surface area (Å²) in [5, 5.41) is 0. The van der Waals surface area contributed by atoms with E-state index in [2.05, 4.69) is 0 Å². The predicted molar refractivity (Wildman–Crippen MR) is 65.2 cm³/mol. The summed E-state index contributed by atoms with van der Waals surface area (Å²) in [6.07, 6.45) is -9.03. The Hall–Kier alpha value is -0.0262. The maximum atomic E-state index is 12.3. The molecule has 0 aliphatic carbocycles. The Bertz CT molecular complexity index is 250. The van der Waals surface area contributed by atoms with Crippen LogP contribution in [0, 0.1) is 0 Å². The van der Waals surface area contributed by atoms with Gasteiger partial charge in [0.1, 0.15) is 9.76 Å². The molecule has 1 nitrogen and oxygen atoms in total. The summed E-state index contributed by atoms with van der Waals surface area (Å²) < 4.78 is 79.5. The third kappa shape index (κ3) is 7.35. The third-order valence-corrected chi connectivity index (χ3v) is 11.1. The fourth-order valence-corrected chi connectivity index (χ4v) is 10.1. The number of halogens is 6. The zero-order valence-corrected chi connectivity index (χ0v) is 13.0. The Morgan fingerprint density at radius 3 is 1.89 bits per heavy atom. The number of hydrogen-bond donors (Lipinski definition) is 0. The van der Waals surface area contributed by atoms with Gasteiger partial charge < -0.3 is 4.12 Å². The maximum Gasteiger partial charge on any atom is 0.388 e. The van der Waals surface area contributed by atoms with Crippen molar-refractivity contribution in [3.8, 4) is 0 Å². The van der Waals surface area contributed by atoms with Crippen LogP contribution >= 0.6 is 0 Å². The Morgan fingerprint density at radius 2 is 1.42 bits per heavy atom. The van der Waals surface area contributed by atoms with Crippen molar-refractivity contribution in [3.63, 3.8) is 0 Å². The van der Waals surface area contributed by atoms with Gasteiger partial charge >= 0.3 is 12.4 Å². The summed E-state index contributed by atoms with van der Waals surface area (Å²) in [4.78, 5) is 0. The molecule has 19 heavy (non-hydrogen) atoms. The fraction of sp³-hybridized carbons (Fsp3) is 1.00. The van der Waals surface area contributed by atoms with Crippen LogP contribution in [0.1, 0.15) is 25.7 Å². The van der Waals surface area contributed by atoms with E-state index in [9.17, 15) is 26.3 Å². The van der Waals surface area contributed by atoms with Crippen molar-refractivity contribution >= 4 is 18.1 Å². The summed E-state index contributed by atoms with van der Waals surface area (Å²) in [5.41, 5.74) is 0. The maximum absolute atomic E-state index is 12.3. The highest BCUT2D eigenvalue weighted by atomic mass is 28.4. The van der Waals surface area contributed by atoms with E-state index in [1.165, 1.54) is 0 Å². The average Bonchev–Trinajstić information content (AvgIpc) is 2.48. The van der Waals surface area contributed by atoms with Crippen LogP contribution < -0.4 is 0 Å². The van der Waals surface area contributed by atoms with Crippen LogP contribution in [-0.4, -0.2) is 30.4 Å². The second kappa shape index (κ2) is 6.62. The summed E-state index contributed by atoms with van der Waals surface area (Å²) in [6.45, 7) is 0. The zero-order valence-electron chi connectivity index (χ0n) is 10.5. The van der Waals surface area contributed by atoms with E-state index in [1.54, 1.807) is 0 Å². The minimum atomic E-state index is -4.31. The quantitative estimate of drug-likeness (QED) is 0.558. The molecule has 114 valence electrons. The second-order valence-corrected chi connectivity index (χ2v) is 11.2. The highest BCUT2D eigenvalue weighted by Crippen LogP contribution is 2.37. The van der Waals surface area contributed by atoms with Gasteiger partial charge in [-0.15, -0.1) is 0 Å². The monoisotopic (exact) mass is 324 g/mol. The molecule has 0 radical (unpaired) electrons. The van der Waals surface area contributed by atoms with Gasteiger partial charge in [-0.05, 0) is 24.2 Å². The Morgan fingerprint density at radius 1 is 0.895 bits per heavy atom. The normalized spacial score (nSPS) is 22.4.